The van der Waals surface area contributed by atoms with Crippen LogP contribution >= 0.6 is 11.8 Å². The van der Waals surface area contributed by atoms with E-state index in [-0.39, 0.29) is 29.3 Å². The van der Waals surface area contributed by atoms with Crippen LogP contribution in [0.1, 0.15) is 36.2 Å². The normalized spacial score (nSPS) is 13.4. The van der Waals surface area contributed by atoms with Crippen LogP contribution in [-0.4, -0.2) is 47.4 Å². The molecule has 0 spiro atoms. The fourth-order valence-electron chi connectivity index (χ4n) is 4.06. The van der Waals surface area contributed by atoms with Gasteiger partial charge in [-0.2, -0.15) is 11.8 Å². The van der Waals surface area contributed by atoms with E-state index in [2.05, 4.69) is 17.2 Å². The van der Waals surface area contributed by atoms with E-state index in [0.717, 1.165) is 5.56 Å². The number of hydrogen-bond donors (Lipinski definition) is 4. The van der Waals surface area contributed by atoms with Gasteiger partial charge in [-0.3, -0.25) is 19.6 Å². The van der Waals surface area contributed by atoms with Crippen LogP contribution in [0.5, 0.6) is 0 Å². The number of carbonyl (C=O) groups is 3. The lowest BCUT2D eigenvalue weighted by Crippen LogP contribution is -2.47. The Labute approximate surface area is 218 Å². The Kier molecular flexibility index (Phi) is 12.2. The molecule has 8 heteroatoms. The van der Waals surface area contributed by atoms with Crippen molar-refractivity contribution < 1.29 is 19.6 Å². The minimum absolute atomic E-state index is 0.0244. The Morgan fingerprint density at radius 1 is 0.944 bits per heavy atom. The number of amides is 2. The number of nitrogens with one attached hydrogen (secondary N) is 3. The number of likely N-dealkylation sites (N-methyl/N-ethyl adjacent to an activating group) is 1. The first kappa shape index (κ1) is 29.1. The van der Waals surface area contributed by atoms with Gasteiger partial charge in [0.25, 0.3) is 0 Å². The number of ketones is 1. The molecule has 0 saturated carbocycles. The summed E-state index contributed by atoms with van der Waals surface area (Å²) in [6, 6.07) is 18.1. The second-order valence-corrected chi connectivity index (χ2v) is 10.2. The second-order valence-electron chi connectivity index (χ2n) is 9.15. The molecular weight excluding hydrogens is 474 g/mol. The van der Waals surface area contributed by atoms with Gasteiger partial charge < -0.3 is 10.6 Å². The number of benzene rings is 2. The lowest BCUT2D eigenvalue weighted by molar-refractivity contribution is -0.134. The van der Waals surface area contributed by atoms with Crippen molar-refractivity contribution in [2.75, 3.05) is 18.6 Å². The van der Waals surface area contributed by atoms with E-state index >= 15 is 0 Å². The summed E-state index contributed by atoms with van der Waals surface area (Å²) in [5.41, 5.74) is 3.95. The average molecular weight is 512 g/mol. The molecule has 0 radical (unpaired) electrons. The van der Waals surface area contributed by atoms with Crippen LogP contribution in [0.4, 0.5) is 0 Å². The van der Waals surface area contributed by atoms with Crippen molar-refractivity contribution in [3.8, 4) is 0 Å². The van der Waals surface area contributed by atoms with Gasteiger partial charge in [0.05, 0.1) is 11.7 Å². The minimum Gasteiger partial charge on any atom is -0.377 e. The lowest BCUT2D eigenvalue weighted by atomic mass is 9.83. The molecule has 0 aliphatic carbocycles. The first-order valence-corrected chi connectivity index (χ1v) is 13.2. The SMILES string of the molecule is C=C(N[C@@H](Cc1ccccc1)C(=O)NC)[C@H](CC(C)C)C(CSCC(=O)c1ccccc1)C(=O)NO. The third-order valence-corrected chi connectivity index (χ3v) is 7.00. The first-order chi connectivity index (χ1) is 17.3. The van der Waals surface area contributed by atoms with E-state index in [1.807, 2.05) is 62.4 Å². The predicted molar refractivity (Wildman–Crippen MR) is 145 cm³/mol. The summed E-state index contributed by atoms with van der Waals surface area (Å²) in [4.78, 5) is 37.9. The fourth-order valence-corrected chi connectivity index (χ4v) is 5.17. The molecule has 0 aliphatic rings. The standard InChI is InChI=1S/C28H37N3O4S/c1-19(2)15-23(20(3)30-25(28(34)29-4)16-21-11-7-5-8-12-21)24(27(33)31-35)17-36-18-26(32)22-13-9-6-10-14-22/h5-14,19,23-25,30,35H,3,15-18H2,1-2,4H3,(H,29,34)(H,31,33)/t23-,24?,25-/m0/s1. The molecule has 36 heavy (non-hydrogen) atoms. The van der Waals surface area contributed by atoms with Gasteiger partial charge in [-0.05, 0) is 17.9 Å². The molecule has 194 valence electrons. The number of hydrogen-bond acceptors (Lipinski definition) is 6. The van der Waals surface area contributed by atoms with Crippen LogP contribution < -0.4 is 16.1 Å². The molecule has 7 nitrogen and oxygen atoms in total. The van der Waals surface area contributed by atoms with E-state index < -0.39 is 17.9 Å². The third-order valence-electron chi connectivity index (χ3n) is 5.94. The summed E-state index contributed by atoms with van der Waals surface area (Å²) < 4.78 is 0. The first-order valence-electron chi connectivity index (χ1n) is 12.1. The molecule has 0 heterocycles. The van der Waals surface area contributed by atoms with Crippen molar-refractivity contribution in [2.45, 2.75) is 32.7 Å². The number of allylic oxidation sites excluding steroid dienone is 1. The molecular formula is C28H37N3O4S. The largest absolute Gasteiger partial charge is 0.377 e. The summed E-state index contributed by atoms with van der Waals surface area (Å²) in [5.74, 6) is -1.01. The van der Waals surface area contributed by atoms with Gasteiger partial charge in [-0.15, -0.1) is 0 Å². The van der Waals surface area contributed by atoms with E-state index in [9.17, 15) is 19.6 Å². The minimum atomic E-state index is -0.645. The highest BCUT2D eigenvalue weighted by atomic mass is 32.2. The smallest absolute Gasteiger partial charge is 0.247 e. The maximum Gasteiger partial charge on any atom is 0.247 e. The van der Waals surface area contributed by atoms with Crippen LogP contribution in [0.25, 0.3) is 0 Å². The van der Waals surface area contributed by atoms with Crippen molar-refractivity contribution in [2.24, 2.45) is 17.8 Å². The zero-order valence-corrected chi connectivity index (χ0v) is 22.0. The Balaban J connectivity index is 2.18. The second kappa shape index (κ2) is 15.1. The summed E-state index contributed by atoms with van der Waals surface area (Å²) in [5, 5.41) is 15.4. The number of carbonyl (C=O) groups excluding carboxylic acids is 3. The molecule has 0 aromatic heterocycles. The van der Waals surface area contributed by atoms with Crippen LogP contribution in [-0.2, 0) is 16.0 Å². The monoisotopic (exact) mass is 511 g/mol. The highest BCUT2D eigenvalue weighted by molar-refractivity contribution is 8.00. The van der Waals surface area contributed by atoms with Crippen molar-refractivity contribution >= 4 is 29.4 Å². The fraction of sp³-hybridized carbons (Fsp3) is 0.393. The Hall–Kier alpha value is -3.10. The van der Waals surface area contributed by atoms with Gasteiger partial charge in [-0.1, -0.05) is 81.1 Å². The quantitative estimate of drug-likeness (QED) is 0.164. The van der Waals surface area contributed by atoms with Gasteiger partial charge in [-0.25, -0.2) is 5.48 Å². The summed E-state index contributed by atoms with van der Waals surface area (Å²) in [7, 11) is 1.58. The number of Topliss-reactive ketones (excluding diaryl/α,β-unsaturated/α-hetero) is 1. The molecule has 1 unspecified atom stereocenters. The van der Waals surface area contributed by atoms with Crippen molar-refractivity contribution in [1.82, 2.24) is 16.1 Å². The molecule has 2 aromatic rings. The van der Waals surface area contributed by atoms with Crippen LogP contribution in [0.2, 0.25) is 0 Å². The highest BCUT2D eigenvalue weighted by Crippen LogP contribution is 2.30. The van der Waals surface area contributed by atoms with Crippen molar-refractivity contribution in [1.29, 1.82) is 0 Å². The van der Waals surface area contributed by atoms with Crippen molar-refractivity contribution in [3.63, 3.8) is 0 Å². The number of hydroxylamine groups is 1. The number of thioether (sulfide) groups is 1. The Bertz CT molecular complexity index is 998. The molecule has 4 N–H and O–H groups in total. The topological polar surface area (TPSA) is 108 Å². The number of rotatable bonds is 15. The van der Waals surface area contributed by atoms with E-state index in [1.54, 1.807) is 24.7 Å². The van der Waals surface area contributed by atoms with Gasteiger partial charge in [0, 0.05) is 36.4 Å². The van der Waals surface area contributed by atoms with E-state index in [0.29, 0.717) is 29.9 Å². The Morgan fingerprint density at radius 3 is 2.11 bits per heavy atom. The molecule has 0 saturated heterocycles. The average Bonchev–Trinajstić information content (AvgIpc) is 2.89. The van der Waals surface area contributed by atoms with Crippen LogP contribution in [0.15, 0.2) is 72.9 Å². The third kappa shape index (κ3) is 9.17. The molecule has 0 bridgehead atoms. The van der Waals surface area contributed by atoms with Crippen LogP contribution in [0.3, 0.4) is 0 Å². The van der Waals surface area contributed by atoms with E-state index in [4.69, 9.17) is 0 Å². The maximum atomic E-state index is 12.7. The molecule has 0 fully saturated rings. The summed E-state index contributed by atoms with van der Waals surface area (Å²) in [6.07, 6.45) is 1.06. The van der Waals surface area contributed by atoms with Gasteiger partial charge in [0.1, 0.15) is 6.04 Å². The van der Waals surface area contributed by atoms with Crippen LogP contribution in [0, 0.1) is 17.8 Å². The van der Waals surface area contributed by atoms with Gasteiger partial charge >= 0.3 is 0 Å². The highest BCUT2D eigenvalue weighted by Gasteiger charge is 2.33. The Morgan fingerprint density at radius 2 is 1.56 bits per heavy atom. The zero-order valence-electron chi connectivity index (χ0n) is 21.2. The zero-order chi connectivity index (χ0) is 26.5. The molecule has 2 aromatic carbocycles. The lowest BCUT2D eigenvalue weighted by Gasteiger charge is -2.31. The maximum absolute atomic E-state index is 12.7. The summed E-state index contributed by atoms with van der Waals surface area (Å²) >= 11 is 1.34. The molecule has 0 aliphatic heterocycles. The molecule has 3 atom stereocenters. The summed E-state index contributed by atoms with van der Waals surface area (Å²) in [6.45, 7) is 8.29. The molecule has 2 rings (SSSR count). The van der Waals surface area contributed by atoms with Gasteiger partial charge in [0.2, 0.25) is 11.8 Å². The predicted octanol–water partition coefficient (Wildman–Crippen LogP) is 3.85. The molecule has 2 amide bonds. The van der Waals surface area contributed by atoms with Crippen molar-refractivity contribution in [3.05, 3.63) is 84.1 Å². The van der Waals surface area contributed by atoms with Gasteiger partial charge in [0.15, 0.2) is 5.78 Å². The van der Waals surface area contributed by atoms with E-state index in [1.165, 1.54) is 11.8 Å².